The molecule has 0 bridgehead atoms. The molecule has 44 heavy (non-hydrogen) atoms. The smallest absolute Gasteiger partial charge is 0.303 e. The van der Waals surface area contributed by atoms with E-state index in [1.807, 2.05) is 36.4 Å². The van der Waals surface area contributed by atoms with E-state index in [2.05, 4.69) is 32.6 Å². The van der Waals surface area contributed by atoms with E-state index in [0.717, 1.165) is 28.9 Å². The normalized spacial score (nSPS) is 16.6. The summed E-state index contributed by atoms with van der Waals surface area (Å²) in [6.07, 6.45) is -0.280. The highest BCUT2D eigenvalue weighted by Gasteiger charge is 2.43. The summed E-state index contributed by atoms with van der Waals surface area (Å²) in [5.41, 5.74) is 2.97. The molecule has 0 aliphatic carbocycles. The summed E-state index contributed by atoms with van der Waals surface area (Å²) in [7, 11) is 0. The molecule has 1 fully saturated rings. The fourth-order valence-electron chi connectivity index (χ4n) is 4.56. The average Bonchev–Trinajstić information content (AvgIpc) is 3.85. The second-order valence-electron chi connectivity index (χ2n) is 11.3. The number of aldehydes is 1. The molecule has 1 aliphatic rings. The van der Waals surface area contributed by atoms with Crippen LogP contribution in [0, 0.1) is 0 Å². The fraction of sp³-hybridized carbons (Fsp3) is 0.559. The number of carbonyl (C=O) groups excluding carboxylic acids is 1. The number of hydrogen-bond acceptors (Lipinski definition) is 8. The topological polar surface area (TPSA) is 96.0 Å². The van der Waals surface area contributed by atoms with Crippen LogP contribution in [-0.2, 0) is 40.5 Å². The van der Waals surface area contributed by atoms with Crippen LogP contribution >= 0.6 is 0 Å². The molecule has 2 aromatic carbocycles. The van der Waals surface area contributed by atoms with E-state index in [0.29, 0.717) is 39.1 Å². The molecule has 10 heteroatoms. The Hall–Kier alpha value is -2.89. The van der Waals surface area contributed by atoms with Gasteiger partial charge in [0.2, 0.25) is 0 Å². The van der Waals surface area contributed by atoms with Crippen molar-refractivity contribution in [3.63, 3.8) is 0 Å². The first-order chi connectivity index (χ1) is 21.2. The van der Waals surface area contributed by atoms with Crippen LogP contribution in [0.25, 0.3) is 0 Å². The van der Waals surface area contributed by atoms with E-state index in [9.17, 15) is 9.18 Å². The highest BCUT2D eigenvalue weighted by Crippen LogP contribution is 2.33. The highest BCUT2D eigenvalue weighted by molar-refractivity contribution is 5.50. The Morgan fingerprint density at radius 2 is 1.73 bits per heavy atom. The van der Waals surface area contributed by atoms with Crippen LogP contribution in [-0.4, -0.2) is 76.0 Å². The van der Waals surface area contributed by atoms with E-state index in [1.54, 1.807) is 0 Å². The fourth-order valence-corrected chi connectivity index (χ4v) is 4.56. The molecule has 1 aliphatic heterocycles. The largest absolute Gasteiger partial charge is 0.491 e. The molecule has 0 spiro atoms. The standard InChI is InChI=1S/C34H46F2O8/c1-26(44-34(36,16-5-17-37)32(35)42-19-4-6-31-25-43-31)15-20-40-24-27-7-9-28(10-8-27)33(2,3)29-11-13-30(14-12-29)41-23-22-39-21-18-38/h7-14,18,31-32,37H,1,4-6,15-17,19-25H2,2-3H3. The van der Waals surface area contributed by atoms with E-state index in [4.69, 9.17) is 33.5 Å². The summed E-state index contributed by atoms with van der Waals surface area (Å²) >= 11 is 0. The molecule has 2 aromatic rings. The second kappa shape index (κ2) is 18.2. The van der Waals surface area contributed by atoms with Crippen LogP contribution in [0.2, 0.25) is 0 Å². The number of epoxide rings is 1. The van der Waals surface area contributed by atoms with Gasteiger partial charge in [0.15, 0.2) is 0 Å². The lowest BCUT2D eigenvalue weighted by molar-refractivity contribution is -0.251. The van der Waals surface area contributed by atoms with Crippen LogP contribution in [0.15, 0.2) is 60.9 Å². The Kier molecular flexibility index (Phi) is 14.7. The van der Waals surface area contributed by atoms with Crippen molar-refractivity contribution in [2.75, 3.05) is 46.2 Å². The molecule has 1 N–H and O–H groups in total. The summed E-state index contributed by atoms with van der Waals surface area (Å²) < 4.78 is 62.0. The Morgan fingerprint density at radius 1 is 1.05 bits per heavy atom. The molecule has 244 valence electrons. The molecule has 3 unspecified atom stereocenters. The minimum absolute atomic E-state index is 0.0204. The molecular formula is C34H46F2O8. The van der Waals surface area contributed by atoms with Crippen molar-refractivity contribution in [1.29, 1.82) is 0 Å². The maximum absolute atomic E-state index is 15.4. The lowest BCUT2D eigenvalue weighted by atomic mass is 9.78. The predicted octanol–water partition coefficient (Wildman–Crippen LogP) is 5.97. The zero-order valence-electron chi connectivity index (χ0n) is 25.8. The number of benzene rings is 2. The third-order valence-corrected chi connectivity index (χ3v) is 7.39. The van der Waals surface area contributed by atoms with Gasteiger partial charge in [0, 0.05) is 24.9 Å². The van der Waals surface area contributed by atoms with Gasteiger partial charge in [-0.05, 0) is 48.1 Å². The van der Waals surface area contributed by atoms with Gasteiger partial charge in [0.25, 0.3) is 6.36 Å². The van der Waals surface area contributed by atoms with Gasteiger partial charge in [-0.3, -0.25) is 0 Å². The Labute approximate surface area is 259 Å². The Morgan fingerprint density at radius 3 is 2.36 bits per heavy atom. The number of halogens is 2. The number of rotatable bonds is 24. The van der Waals surface area contributed by atoms with Gasteiger partial charge in [0.1, 0.15) is 25.2 Å². The predicted molar refractivity (Wildman–Crippen MR) is 162 cm³/mol. The minimum Gasteiger partial charge on any atom is -0.491 e. The molecule has 1 heterocycles. The van der Waals surface area contributed by atoms with Gasteiger partial charge in [-0.15, -0.1) is 0 Å². The quantitative estimate of drug-likeness (QED) is 0.0664. The average molecular weight is 621 g/mol. The molecule has 1 saturated heterocycles. The Bertz CT molecular complexity index is 1120. The van der Waals surface area contributed by atoms with Gasteiger partial charge >= 0.3 is 5.85 Å². The number of ether oxygens (including phenoxy) is 6. The van der Waals surface area contributed by atoms with Crippen molar-refractivity contribution in [1.82, 2.24) is 0 Å². The highest BCUT2D eigenvalue weighted by atomic mass is 19.2. The Balaban J connectivity index is 1.41. The van der Waals surface area contributed by atoms with Gasteiger partial charge in [0.05, 0.1) is 44.9 Å². The number of aliphatic hydroxyl groups excluding tert-OH is 1. The zero-order valence-corrected chi connectivity index (χ0v) is 25.8. The molecule has 3 atom stereocenters. The maximum Gasteiger partial charge on any atom is 0.303 e. The number of alkyl halides is 2. The van der Waals surface area contributed by atoms with Gasteiger partial charge < -0.3 is 38.3 Å². The monoisotopic (exact) mass is 620 g/mol. The van der Waals surface area contributed by atoms with Crippen LogP contribution in [0.4, 0.5) is 8.78 Å². The molecular weight excluding hydrogens is 574 g/mol. The summed E-state index contributed by atoms with van der Waals surface area (Å²) in [4.78, 5) is 10.3. The zero-order chi connectivity index (χ0) is 31.8. The molecule has 0 saturated carbocycles. The summed E-state index contributed by atoms with van der Waals surface area (Å²) in [5.74, 6) is -1.96. The minimum atomic E-state index is -2.74. The van der Waals surface area contributed by atoms with Crippen molar-refractivity contribution in [3.05, 3.63) is 77.6 Å². The third-order valence-electron chi connectivity index (χ3n) is 7.39. The van der Waals surface area contributed by atoms with E-state index in [-0.39, 0.29) is 63.0 Å². The van der Waals surface area contributed by atoms with Crippen molar-refractivity contribution in [2.24, 2.45) is 0 Å². The molecule has 8 nitrogen and oxygen atoms in total. The molecule has 3 rings (SSSR count). The molecule has 0 aromatic heterocycles. The summed E-state index contributed by atoms with van der Waals surface area (Å²) in [6.45, 7) is 9.80. The molecule has 0 radical (unpaired) electrons. The lowest BCUT2D eigenvalue weighted by Crippen LogP contribution is -2.40. The van der Waals surface area contributed by atoms with Crippen molar-refractivity contribution in [3.8, 4) is 5.75 Å². The van der Waals surface area contributed by atoms with Crippen LogP contribution in [0.3, 0.4) is 0 Å². The first-order valence-corrected chi connectivity index (χ1v) is 15.1. The van der Waals surface area contributed by atoms with Gasteiger partial charge in [-0.2, -0.15) is 4.39 Å². The summed E-state index contributed by atoms with van der Waals surface area (Å²) in [6, 6.07) is 16.0. The number of hydrogen-bond donors (Lipinski definition) is 1. The van der Waals surface area contributed by atoms with Crippen LogP contribution in [0.1, 0.15) is 62.6 Å². The summed E-state index contributed by atoms with van der Waals surface area (Å²) in [5, 5.41) is 9.13. The number of aliphatic hydroxyl groups is 1. The first-order valence-electron chi connectivity index (χ1n) is 15.1. The van der Waals surface area contributed by atoms with Gasteiger partial charge in [-0.25, -0.2) is 4.39 Å². The third kappa shape index (κ3) is 11.9. The van der Waals surface area contributed by atoms with Crippen LogP contribution in [0.5, 0.6) is 5.75 Å². The second-order valence-corrected chi connectivity index (χ2v) is 11.3. The number of carbonyl (C=O) groups is 1. The van der Waals surface area contributed by atoms with Crippen LogP contribution < -0.4 is 4.74 Å². The lowest BCUT2D eigenvalue weighted by Gasteiger charge is -2.30. The molecule has 0 amide bonds. The van der Waals surface area contributed by atoms with Crippen molar-refractivity contribution >= 4 is 6.29 Å². The van der Waals surface area contributed by atoms with Gasteiger partial charge in [-0.1, -0.05) is 56.8 Å². The van der Waals surface area contributed by atoms with E-state index >= 15 is 4.39 Å². The van der Waals surface area contributed by atoms with E-state index < -0.39 is 12.2 Å². The maximum atomic E-state index is 15.4. The van der Waals surface area contributed by atoms with Crippen molar-refractivity contribution < 1.29 is 47.1 Å². The first kappa shape index (κ1) is 35.6. The van der Waals surface area contributed by atoms with E-state index in [1.165, 1.54) is 0 Å². The SMILES string of the molecule is C=C(CCOCc1ccc(C(C)(C)c2ccc(OCCOCC=O)cc2)cc1)OC(F)(CCCO)C(F)OCCCC1CO1. The van der Waals surface area contributed by atoms with Crippen molar-refractivity contribution in [2.45, 2.75) is 76.3 Å².